The number of hydrogen-bond donors (Lipinski definition) is 0. The zero-order valence-corrected chi connectivity index (χ0v) is 19.6. The summed E-state index contributed by atoms with van der Waals surface area (Å²) in [5.74, 6) is 2.12. The van der Waals surface area contributed by atoms with E-state index in [2.05, 4.69) is 47.0 Å². The molecule has 0 aromatic heterocycles. The second kappa shape index (κ2) is 9.56. The predicted molar refractivity (Wildman–Crippen MR) is 114 cm³/mol. The first-order valence-electron chi connectivity index (χ1n) is 8.91. The molecular formula is C21H29BrO4Si. The van der Waals surface area contributed by atoms with E-state index in [0.29, 0.717) is 0 Å². The highest BCUT2D eigenvalue weighted by molar-refractivity contribution is 9.10. The summed E-state index contributed by atoms with van der Waals surface area (Å²) in [5.41, 5.74) is 3.22. The Balaban J connectivity index is 2.61. The minimum atomic E-state index is -1.49. The molecule has 4 nitrogen and oxygen atoms in total. The van der Waals surface area contributed by atoms with Crippen LogP contribution < -0.4 is 0 Å². The predicted octanol–water partition coefficient (Wildman–Crippen LogP) is 4.72. The molecule has 148 valence electrons. The van der Waals surface area contributed by atoms with Crippen molar-refractivity contribution in [3.8, 4) is 11.5 Å². The third-order valence-electron chi connectivity index (χ3n) is 3.70. The molecule has 0 fully saturated rings. The van der Waals surface area contributed by atoms with Crippen molar-refractivity contribution in [2.24, 2.45) is 5.41 Å². The summed E-state index contributed by atoms with van der Waals surface area (Å²) in [7, 11) is -1.49. The van der Waals surface area contributed by atoms with Crippen LogP contribution >= 0.6 is 15.9 Å². The van der Waals surface area contributed by atoms with Crippen molar-refractivity contribution in [1.29, 1.82) is 0 Å². The van der Waals surface area contributed by atoms with E-state index in [-0.39, 0.29) is 25.6 Å². The Labute approximate surface area is 172 Å². The van der Waals surface area contributed by atoms with Crippen LogP contribution in [0.25, 0.3) is 0 Å². The number of carbonyl (C=O) groups excluding carboxylic acids is 2. The van der Waals surface area contributed by atoms with E-state index in [4.69, 9.17) is 9.47 Å². The molecule has 1 atom stereocenters. The lowest BCUT2D eigenvalue weighted by molar-refractivity contribution is -0.157. The third kappa shape index (κ3) is 8.76. The largest absolute Gasteiger partial charge is 0.460 e. The van der Waals surface area contributed by atoms with Gasteiger partial charge in [0.1, 0.15) is 19.0 Å². The average Bonchev–Trinajstić information content (AvgIpc) is 2.55. The average molecular weight is 453 g/mol. The van der Waals surface area contributed by atoms with Gasteiger partial charge in [-0.25, -0.2) is 0 Å². The Morgan fingerprint density at radius 3 is 2.19 bits per heavy atom. The summed E-state index contributed by atoms with van der Waals surface area (Å²) in [5, 5.41) is 0. The second-order valence-electron chi connectivity index (χ2n) is 8.45. The standard InChI is InChI=1S/C21H29BrO4Si/c1-20(2,18(23)26-15-17-11-8-7-9-12-17)16-21(3,22)19(24)25-13-10-14-27(4,5)6/h7-9,11-12H,13,15-16H2,1-6H3. The van der Waals surface area contributed by atoms with E-state index in [0.717, 1.165) is 5.56 Å². The third-order valence-corrected chi connectivity index (χ3v) is 5.23. The van der Waals surface area contributed by atoms with Gasteiger partial charge in [-0.05, 0) is 32.8 Å². The van der Waals surface area contributed by atoms with Gasteiger partial charge in [-0.2, -0.15) is 0 Å². The van der Waals surface area contributed by atoms with E-state index in [1.165, 1.54) is 0 Å². The van der Waals surface area contributed by atoms with Gasteiger partial charge < -0.3 is 9.47 Å². The van der Waals surface area contributed by atoms with Gasteiger partial charge in [-0.1, -0.05) is 71.8 Å². The fourth-order valence-electron chi connectivity index (χ4n) is 2.45. The molecule has 1 aromatic carbocycles. The fourth-order valence-corrected chi connectivity index (χ4v) is 3.86. The number of ether oxygens (including phenoxy) is 2. The van der Waals surface area contributed by atoms with Crippen LogP contribution in [0.1, 0.15) is 32.8 Å². The maximum Gasteiger partial charge on any atom is 0.323 e. The summed E-state index contributed by atoms with van der Waals surface area (Å²) in [4.78, 5) is 24.9. The number of alkyl halides is 1. The quantitative estimate of drug-likeness (QED) is 0.259. The molecule has 0 bridgehead atoms. The zero-order valence-electron chi connectivity index (χ0n) is 17.0. The van der Waals surface area contributed by atoms with E-state index in [1.54, 1.807) is 20.8 Å². The first-order chi connectivity index (χ1) is 12.3. The molecule has 0 aliphatic rings. The molecule has 0 radical (unpaired) electrons. The Morgan fingerprint density at radius 1 is 1.04 bits per heavy atom. The summed E-state index contributed by atoms with van der Waals surface area (Å²) in [6.45, 7) is 11.9. The minimum absolute atomic E-state index is 0.0587. The van der Waals surface area contributed by atoms with Crippen molar-refractivity contribution >= 4 is 35.9 Å². The van der Waals surface area contributed by atoms with E-state index >= 15 is 0 Å². The molecule has 0 spiro atoms. The Bertz CT molecular complexity index is 709. The number of benzene rings is 1. The first-order valence-corrected chi connectivity index (χ1v) is 13.2. The zero-order chi connectivity index (χ0) is 20.7. The molecule has 0 aliphatic heterocycles. The number of esters is 2. The summed E-state index contributed by atoms with van der Waals surface area (Å²) in [6.07, 6.45) is 0.244. The van der Waals surface area contributed by atoms with Crippen LogP contribution in [0.4, 0.5) is 0 Å². The maximum atomic E-state index is 12.5. The highest BCUT2D eigenvalue weighted by Gasteiger charge is 2.42. The lowest BCUT2D eigenvalue weighted by Crippen LogP contribution is -2.39. The lowest BCUT2D eigenvalue weighted by atomic mass is 9.83. The molecule has 0 saturated carbocycles. The van der Waals surface area contributed by atoms with Crippen molar-refractivity contribution in [2.45, 2.75) is 57.8 Å². The molecule has 1 unspecified atom stereocenters. The normalized spacial score (nSPS) is 13.7. The molecule has 27 heavy (non-hydrogen) atoms. The fraction of sp³-hybridized carbons (Fsp3) is 0.524. The van der Waals surface area contributed by atoms with Crippen LogP contribution in [-0.4, -0.2) is 30.9 Å². The summed E-state index contributed by atoms with van der Waals surface area (Å²) >= 11 is 3.42. The maximum absolute atomic E-state index is 12.5. The van der Waals surface area contributed by atoms with E-state index in [9.17, 15) is 9.59 Å². The van der Waals surface area contributed by atoms with Crippen molar-refractivity contribution in [2.75, 3.05) is 6.61 Å². The monoisotopic (exact) mass is 452 g/mol. The van der Waals surface area contributed by atoms with Gasteiger partial charge in [-0.3, -0.25) is 9.59 Å². The number of hydrogen-bond acceptors (Lipinski definition) is 4. The molecule has 0 saturated heterocycles. The molecule has 0 heterocycles. The van der Waals surface area contributed by atoms with E-state index in [1.807, 2.05) is 30.3 Å². The van der Waals surface area contributed by atoms with Gasteiger partial charge in [0, 0.05) is 0 Å². The van der Waals surface area contributed by atoms with Crippen molar-refractivity contribution in [3.05, 3.63) is 35.9 Å². The highest BCUT2D eigenvalue weighted by atomic mass is 79.9. The molecule has 6 heteroatoms. The van der Waals surface area contributed by atoms with Crippen molar-refractivity contribution < 1.29 is 19.1 Å². The Kier molecular flexibility index (Phi) is 8.31. The van der Waals surface area contributed by atoms with Gasteiger partial charge in [-0.15, -0.1) is 5.54 Å². The molecule has 0 amide bonds. The number of halogens is 1. The smallest absolute Gasteiger partial charge is 0.323 e. The van der Waals surface area contributed by atoms with Crippen LogP contribution in [0.5, 0.6) is 0 Å². The van der Waals surface area contributed by atoms with Gasteiger partial charge >= 0.3 is 11.9 Å². The number of carbonyl (C=O) groups is 2. The molecule has 0 aliphatic carbocycles. The Hall–Kier alpha value is -1.58. The van der Waals surface area contributed by atoms with Crippen LogP contribution in [-0.2, 0) is 25.7 Å². The second-order valence-corrected chi connectivity index (χ2v) is 14.9. The topological polar surface area (TPSA) is 52.6 Å². The van der Waals surface area contributed by atoms with Gasteiger partial charge in [0.25, 0.3) is 0 Å². The van der Waals surface area contributed by atoms with Crippen molar-refractivity contribution in [3.63, 3.8) is 0 Å². The highest BCUT2D eigenvalue weighted by Crippen LogP contribution is 2.36. The first kappa shape index (κ1) is 23.5. The van der Waals surface area contributed by atoms with Gasteiger partial charge in [0.15, 0.2) is 6.61 Å². The molecule has 1 rings (SSSR count). The SMILES string of the molecule is CC(C)(CC(C)(Br)C(=O)OCC#C[Si](C)(C)C)C(=O)OCc1ccccc1. The lowest BCUT2D eigenvalue weighted by Gasteiger charge is -2.30. The van der Waals surface area contributed by atoms with Gasteiger partial charge in [0.2, 0.25) is 0 Å². The van der Waals surface area contributed by atoms with Gasteiger partial charge in [0.05, 0.1) is 5.41 Å². The summed E-state index contributed by atoms with van der Waals surface area (Å²) < 4.78 is 9.70. The van der Waals surface area contributed by atoms with Crippen LogP contribution in [0.15, 0.2) is 30.3 Å². The number of rotatable bonds is 7. The van der Waals surface area contributed by atoms with Crippen molar-refractivity contribution in [1.82, 2.24) is 0 Å². The summed E-state index contributed by atoms with van der Waals surface area (Å²) in [6, 6.07) is 9.49. The van der Waals surface area contributed by atoms with Crippen LogP contribution in [0.2, 0.25) is 19.6 Å². The molecule has 0 N–H and O–H groups in total. The van der Waals surface area contributed by atoms with Crippen LogP contribution in [0.3, 0.4) is 0 Å². The van der Waals surface area contributed by atoms with Crippen LogP contribution in [0, 0.1) is 16.9 Å². The molecule has 1 aromatic rings. The Morgan fingerprint density at radius 2 is 1.63 bits per heavy atom. The minimum Gasteiger partial charge on any atom is -0.460 e. The van der Waals surface area contributed by atoms with E-state index < -0.39 is 23.8 Å². The molecular weight excluding hydrogens is 424 g/mol.